The molecule has 1 N–H and O–H groups in total. The van der Waals surface area contributed by atoms with Gasteiger partial charge in [0.2, 0.25) is 0 Å². The molecule has 1 aromatic carbocycles. The van der Waals surface area contributed by atoms with E-state index in [1.54, 1.807) is 25.3 Å². The average Bonchev–Trinajstić information content (AvgIpc) is 3.34. The summed E-state index contributed by atoms with van der Waals surface area (Å²) < 4.78 is 11.2. The Morgan fingerprint density at radius 1 is 1.33 bits per heavy atom. The fourth-order valence-corrected chi connectivity index (χ4v) is 4.06. The van der Waals surface area contributed by atoms with Crippen molar-refractivity contribution in [3.05, 3.63) is 28.8 Å². The Hall–Kier alpha value is -1.30. The van der Waals surface area contributed by atoms with E-state index in [2.05, 4.69) is 10.2 Å². The number of amides is 1. The van der Waals surface area contributed by atoms with Gasteiger partial charge < -0.3 is 14.8 Å². The number of hydrogen-bond acceptors (Lipinski definition) is 4. The van der Waals surface area contributed by atoms with Crippen molar-refractivity contribution in [3.63, 3.8) is 0 Å². The third-order valence-electron chi connectivity index (χ3n) is 5.30. The number of halogens is 1. The van der Waals surface area contributed by atoms with Crippen molar-refractivity contribution in [3.8, 4) is 5.75 Å². The van der Waals surface area contributed by atoms with Gasteiger partial charge in [-0.25, -0.2) is 0 Å². The van der Waals surface area contributed by atoms with E-state index >= 15 is 0 Å². The van der Waals surface area contributed by atoms with Crippen LogP contribution < -0.4 is 10.1 Å². The smallest absolute Gasteiger partial charge is 0.251 e. The quantitative estimate of drug-likeness (QED) is 0.905. The third-order valence-corrected chi connectivity index (χ3v) is 5.52. The summed E-state index contributed by atoms with van der Waals surface area (Å²) >= 11 is 6.06. The van der Waals surface area contributed by atoms with E-state index in [4.69, 9.17) is 21.1 Å². The highest BCUT2D eigenvalue weighted by Gasteiger charge is 2.42. The Morgan fingerprint density at radius 3 is 2.92 bits per heavy atom. The molecule has 3 aliphatic rings. The van der Waals surface area contributed by atoms with Gasteiger partial charge in [-0.15, -0.1) is 0 Å². The molecule has 0 bridgehead atoms. The molecular weight excluding hydrogens is 328 g/mol. The second-order valence-electron chi connectivity index (χ2n) is 7.10. The Labute approximate surface area is 147 Å². The number of nitrogens with zero attached hydrogens (tertiary/aromatic N) is 1. The Morgan fingerprint density at radius 2 is 2.17 bits per heavy atom. The normalized spacial score (nSPS) is 30.0. The van der Waals surface area contributed by atoms with Gasteiger partial charge in [0.1, 0.15) is 5.75 Å². The van der Waals surface area contributed by atoms with Crippen molar-refractivity contribution in [2.45, 2.75) is 37.5 Å². The summed E-state index contributed by atoms with van der Waals surface area (Å²) in [7, 11) is 1.57. The van der Waals surface area contributed by atoms with Crippen LogP contribution in [0.25, 0.3) is 0 Å². The standard InChI is InChI=1S/C18H23ClN2O3/c1-23-16-5-12(4-13(19)6-16)18(22)20-14-7-15-10-24-17(11-2-3-11)9-21(15)8-14/h4-6,11,14-15,17H,2-3,7-10H2,1H3,(H,20,22)/t14-,15-,17+/m0/s1. The number of ether oxygens (including phenoxy) is 2. The number of methoxy groups -OCH3 is 1. The van der Waals surface area contributed by atoms with Crippen LogP contribution in [-0.4, -0.2) is 55.8 Å². The van der Waals surface area contributed by atoms with Crippen LogP contribution in [0.3, 0.4) is 0 Å². The van der Waals surface area contributed by atoms with Gasteiger partial charge >= 0.3 is 0 Å². The van der Waals surface area contributed by atoms with Gasteiger partial charge in [0.05, 0.1) is 19.8 Å². The van der Waals surface area contributed by atoms with Gasteiger partial charge in [-0.2, -0.15) is 0 Å². The van der Waals surface area contributed by atoms with Crippen molar-refractivity contribution < 1.29 is 14.3 Å². The van der Waals surface area contributed by atoms with Gasteiger partial charge in [-0.3, -0.25) is 9.69 Å². The van der Waals surface area contributed by atoms with Crippen LogP contribution in [0.2, 0.25) is 5.02 Å². The number of carbonyl (C=O) groups excluding carboxylic acids is 1. The zero-order valence-corrected chi connectivity index (χ0v) is 14.6. The van der Waals surface area contributed by atoms with Crippen LogP contribution in [0.15, 0.2) is 18.2 Å². The van der Waals surface area contributed by atoms with E-state index in [-0.39, 0.29) is 11.9 Å². The van der Waals surface area contributed by atoms with E-state index in [0.717, 1.165) is 32.0 Å². The van der Waals surface area contributed by atoms with Crippen LogP contribution >= 0.6 is 11.6 Å². The zero-order valence-electron chi connectivity index (χ0n) is 13.8. The Bertz CT molecular complexity index is 635. The molecule has 2 aliphatic heterocycles. The van der Waals surface area contributed by atoms with Crippen LogP contribution in [0.1, 0.15) is 29.6 Å². The maximum atomic E-state index is 12.5. The molecule has 0 spiro atoms. The molecule has 5 nitrogen and oxygen atoms in total. The molecule has 6 heteroatoms. The fourth-order valence-electron chi connectivity index (χ4n) is 3.84. The maximum Gasteiger partial charge on any atom is 0.251 e. The molecule has 0 aromatic heterocycles. The molecule has 4 rings (SSSR count). The molecule has 1 amide bonds. The first-order valence-corrected chi connectivity index (χ1v) is 9.01. The lowest BCUT2D eigenvalue weighted by molar-refractivity contribution is -0.0581. The van der Waals surface area contributed by atoms with E-state index in [1.165, 1.54) is 12.8 Å². The summed E-state index contributed by atoms with van der Waals surface area (Å²) in [6.07, 6.45) is 3.95. The first kappa shape index (κ1) is 16.2. The molecule has 130 valence electrons. The van der Waals surface area contributed by atoms with Gasteiger partial charge in [-0.1, -0.05) is 11.6 Å². The monoisotopic (exact) mass is 350 g/mol. The van der Waals surface area contributed by atoms with Crippen molar-refractivity contribution in [1.82, 2.24) is 10.2 Å². The molecule has 1 saturated carbocycles. The lowest BCUT2D eigenvalue weighted by atomic mass is 10.1. The summed E-state index contributed by atoms with van der Waals surface area (Å²) in [6.45, 7) is 2.70. The first-order valence-electron chi connectivity index (χ1n) is 8.63. The summed E-state index contributed by atoms with van der Waals surface area (Å²) in [5.41, 5.74) is 0.538. The molecular formula is C18H23ClN2O3. The Kier molecular flexibility index (Phi) is 4.41. The SMILES string of the molecule is COc1cc(Cl)cc(C(=O)N[C@H]2C[C@H]3CO[C@@H](C4CC4)CN3C2)c1. The van der Waals surface area contributed by atoms with Crippen LogP contribution in [-0.2, 0) is 4.74 Å². The van der Waals surface area contributed by atoms with Crippen molar-refractivity contribution >= 4 is 17.5 Å². The number of nitrogens with one attached hydrogen (secondary N) is 1. The van der Waals surface area contributed by atoms with Crippen LogP contribution in [0, 0.1) is 5.92 Å². The minimum atomic E-state index is -0.0969. The van der Waals surface area contributed by atoms with Crippen molar-refractivity contribution in [2.24, 2.45) is 5.92 Å². The summed E-state index contributed by atoms with van der Waals surface area (Å²) in [5, 5.41) is 3.64. The summed E-state index contributed by atoms with van der Waals surface area (Å²) in [5.74, 6) is 1.26. The highest BCUT2D eigenvalue weighted by molar-refractivity contribution is 6.31. The molecule has 0 unspecified atom stereocenters. The second-order valence-corrected chi connectivity index (χ2v) is 7.54. The zero-order chi connectivity index (χ0) is 16.7. The maximum absolute atomic E-state index is 12.5. The third kappa shape index (κ3) is 3.39. The molecule has 3 atom stereocenters. The van der Waals surface area contributed by atoms with Crippen LogP contribution in [0.5, 0.6) is 5.75 Å². The first-order chi connectivity index (χ1) is 11.6. The van der Waals surface area contributed by atoms with Gasteiger partial charge in [0.15, 0.2) is 0 Å². The number of hydrogen-bond donors (Lipinski definition) is 1. The van der Waals surface area contributed by atoms with Crippen LogP contribution in [0.4, 0.5) is 0 Å². The molecule has 2 heterocycles. The predicted octanol–water partition coefficient (Wildman–Crippen LogP) is 2.33. The molecule has 24 heavy (non-hydrogen) atoms. The van der Waals surface area contributed by atoms with E-state index < -0.39 is 0 Å². The van der Waals surface area contributed by atoms with E-state index in [9.17, 15) is 4.79 Å². The summed E-state index contributed by atoms with van der Waals surface area (Å²) in [4.78, 5) is 15.0. The average molecular weight is 351 g/mol. The lowest BCUT2D eigenvalue weighted by Crippen LogP contribution is -2.47. The largest absolute Gasteiger partial charge is 0.497 e. The predicted molar refractivity (Wildman–Crippen MR) is 91.7 cm³/mol. The van der Waals surface area contributed by atoms with Crippen molar-refractivity contribution in [1.29, 1.82) is 0 Å². The summed E-state index contributed by atoms with van der Waals surface area (Å²) in [6, 6.07) is 5.68. The minimum absolute atomic E-state index is 0.0969. The van der Waals surface area contributed by atoms with E-state index in [1.807, 2.05) is 0 Å². The number of morpholine rings is 1. The molecule has 0 radical (unpaired) electrons. The van der Waals surface area contributed by atoms with Gasteiger partial charge in [0, 0.05) is 35.8 Å². The highest BCUT2D eigenvalue weighted by atomic mass is 35.5. The number of carbonyl (C=O) groups is 1. The second kappa shape index (κ2) is 6.54. The Balaban J connectivity index is 1.37. The molecule has 1 aliphatic carbocycles. The number of rotatable bonds is 4. The minimum Gasteiger partial charge on any atom is -0.497 e. The fraction of sp³-hybridized carbons (Fsp3) is 0.611. The number of fused-ring (bicyclic) bond motifs is 1. The molecule has 2 saturated heterocycles. The molecule has 1 aromatic rings. The highest BCUT2D eigenvalue weighted by Crippen LogP contribution is 2.37. The van der Waals surface area contributed by atoms with Crippen molar-refractivity contribution in [2.75, 3.05) is 26.8 Å². The van der Waals surface area contributed by atoms with Gasteiger partial charge in [0.25, 0.3) is 5.91 Å². The number of benzene rings is 1. The van der Waals surface area contributed by atoms with E-state index in [0.29, 0.717) is 28.5 Å². The lowest BCUT2D eigenvalue weighted by Gasteiger charge is -2.35. The topological polar surface area (TPSA) is 50.8 Å². The van der Waals surface area contributed by atoms with Gasteiger partial charge in [-0.05, 0) is 43.4 Å². The molecule has 3 fully saturated rings.